The number of carbonyl (C=O) groups excluding carboxylic acids is 2. The minimum Gasteiger partial charge on any atom is -0.278 e. The van der Waals surface area contributed by atoms with Crippen LogP contribution < -0.4 is 0 Å². The highest BCUT2D eigenvalue weighted by Gasteiger charge is 2.28. The van der Waals surface area contributed by atoms with Crippen molar-refractivity contribution < 1.29 is 14.0 Å². The fourth-order valence-electron chi connectivity index (χ4n) is 1.67. The summed E-state index contributed by atoms with van der Waals surface area (Å²) < 4.78 is 14.0. The predicted octanol–water partition coefficient (Wildman–Crippen LogP) is 2.35. The van der Waals surface area contributed by atoms with E-state index in [-0.39, 0.29) is 11.5 Å². The zero-order valence-electron chi connectivity index (χ0n) is 8.37. The quantitative estimate of drug-likeness (QED) is 0.743. The molecule has 2 amide bonds. The lowest BCUT2D eigenvalue weighted by molar-refractivity contribution is -0.125. The SMILES string of the molecule is O=C1CCCN1C(=O)c1cc(Br)ccc1F. The Morgan fingerprint density at radius 3 is 2.81 bits per heavy atom. The summed E-state index contributed by atoms with van der Waals surface area (Å²) in [5.41, 5.74) is -0.0652. The van der Waals surface area contributed by atoms with Crippen molar-refractivity contribution in [1.29, 1.82) is 0 Å². The van der Waals surface area contributed by atoms with Gasteiger partial charge in [-0.3, -0.25) is 14.5 Å². The van der Waals surface area contributed by atoms with E-state index >= 15 is 0 Å². The first-order valence-electron chi connectivity index (χ1n) is 4.89. The fourth-order valence-corrected chi connectivity index (χ4v) is 2.03. The molecule has 0 bridgehead atoms. The maximum absolute atomic E-state index is 13.4. The highest BCUT2D eigenvalue weighted by Crippen LogP contribution is 2.20. The second-order valence-electron chi connectivity index (χ2n) is 3.58. The van der Waals surface area contributed by atoms with Crippen LogP contribution in [0.1, 0.15) is 23.2 Å². The maximum Gasteiger partial charge on any atom is 0.263 e. The van der Waals surface area contributed by atoms with Crippen LogP contribution in [0.4, 0.5) is 4.39 Å². The molecule has 0 spiro atoms. The third-order valence-electron chi connectivity index (χ3n) is 2.48. The Balaban J connectivity index is 2.33. The average Bonchev–Trinajstić information content (AvgIpc) is 2.67. The van der Waals surface area contributed by atoms with Crippen molar-refractivity contribution in [2.45, 2.75) is 12.8 Å². The molecular weight excluding hydrogens is 277 g/mol. The molecule has 1 aliphatic rings. The van der Waals surface area contributed by atoms with E-state index in [4.69, 9.17) is 0 Å². The number of likely N-dealkylation sites (tertiary alicyclic amines) is 1. The van der Waals surface area contributed by atoms with Gasteiger partial charge in [-0.15, -0.1) is 0 Å². The van der Waals surface area contributed by atoms with Gasteiger partial charge in [0, 0.05) is 17.4 Å². The minimum absolute atomic E-state index is 0.0652. The van der Waals surface area contributed by atoms with E-state index in [0.717, 1.165) is 4.90 Å². The number of amides is 2. The van der Waals surface area contributed by atoms with Crippen LogP contribution in [-0.2, 0) is 4.79 Å². The van der Waals surface area contributed by atoms with Crippen molar-refractivity contribution >= 4 is 27.7 Å². The predicted molar refractivity (Wildman–Crippen MR) is 59.4 cm³/mol. The van der Waals surface area contributed by atoms with Crippen LogP contribution in [0.25, 0.3) is 0 Å². The number of benzene rings is 1. The smallest absolute Gasteiger partial charge is 0.263 e. The number of hydrogen-bond acceptors (Lipinski definition) is 2. The molecule has 0 aliphatic carbocycles. The van der Waals surface area contributed by atoms with Crippen LogP contribution in [0.2, 0.25) is 0 Å². The van der Waals surface area contributed by atoms with Gasteiger partial charge in [0.2, 0.25) is 5.91 Å². The van der Waals surface area contributed by atoms with Crippen molar-refractivity contribution in [3.63, 3.8) is 0 Å². The van der Waals surface area contributed by atoms with E-state index in [9.17, 15) is 14.0 Å². The number of hydrogen-bond donors (Lipinski definition) is 0. The van der Waals surface area contributed by atoms with Crippen molar-refractivity contribution in [2.24, 2.45) is 0 Å². The van der Waals surface area contributed by atoms with Crippen LogP contribution in [0.5, 0.6) is 0 Å². The Hall–Kier alpha value is -1.23. The summed E-state index contributed by atoms with van der Waals surface area (Å²) in [6, 6.07) is 4.11. The molecule has 0 aromatic heterocycles. The summed E-state index contributed by atoms with van der Waals surface area (Å²) in [5, 5.41) is 0. The standard InChI is InChI=1S/C11H9BrFNO2/c12-7-3-4-9(13)8(6-7)11(16)14-5-1-2-10(14)15/h3-4,6H,1-2,5H2. The van der Waals surface area contributed by atoms with Gasteiger partial charge in [0.15, 0.2) is 0 Å². The van der Waals surface area contributed by atoms with Crippen LogP contribution in [0, 0.1) is 5.82 Å². The Morgan fingerprint density at radius 2 is 2.19 bits per heavy atom. The summed E-state index contributed by atoms with van der Waals surface area (Å²) >= 11 is 3.17. The topological polar surface area (TPSA) is 37.4 Å². The van der Waals surface area contributed by atoms with E-state index in [1.54, 1.807) is 0 Å². The van der Waals surface area contributed by atoms with Gasteiger partial charge in [0.25, 0.3) is 5.91 Å². The summed E-state index contributed by atoms with van der Waals surface area (Å²) in [7, 11) is 0. The van der Waals surface area contributed by atoms with E-state index in [1.165, 1.54) is 18.2 Å². The first-order valence-corrected chi connectivity index (χ1v) is 5.68. The van der Waals surface area contributed by atoms with Crippen LogP contribution >= 0.6 is 15.9 Å². The molecule has 1 fully saturated rings. The van der Waals surface area contributed by atoms with Crippen molar-refractivity contribution in [2.75, 3.05) is 6.54 Å². The Labute approximate surface area is 100 Å². The molecule has 1 saturated heterocycles. The summed E-state index contributed by atoms with van der Waals surface area (Å²) in [6.45, 7) is 0.379. The first-order chi connectivity index (χ1) is 7.59. The molecule has 16 heavy (non-hydrogen) atoms. The van der Waals surface area contributed by atoms with Crippen LogP contribution in [-0.4, -0.2) is 23.3 Å². The molecule has 1 aromatic rings. The Morgan fingerprint density at radius 1 is 1.44 bits per heavy atom. The van der Waals surface area contributed by atoms with Crippen molar-refractivity contribution in [3.05, 3.63) is 34.1 Å². The summed E-state index contributed by atoms with van der Waals surface area (Å²) in [5.74, 6) is -1.39. The fraction of sp³-hybridized carbons (Fsp3) is 0.273. The lowest BCUT2D eigenvalue weighted by Crippen LogP contribution is -2.32. The molecule has 3 nitrogen and oxygen atoms in total. The molecule has 1 heterocycles. The van der Waals surface area contributed by atoms with Gasteiger partial charge in [-0.05, 0) is 24.6 Å². The lowest BCUT2D eigenvalue weighted by atomic mass is 10.2. The number of nitrogens with zero attached hydrogens (tertiary/aromatic N) is 1. The first kappa shape index (κ1) is 11.3. The molecule has 0 unspecified atom stereocenters. The van der Waals surface area contributed by atoms with Gasteiger partial charge in [0.05, 0.1) is 5.56 Å². The highest BCUT2D eigenvalue weighted by atomic mass is 79.9. The maximum atomic E-state index is 13.4. The molecular formula is C11H9BrFNO2. The van der Waals surface area contributed by atoms with Crippen LogP contribution in [0.15, 0.2) is 22.7 Å². The zero-order chi connectivity index (χ0) is 11.7. The third-order valence-corrected chi connectivity index (χ3v) is 2.97. The summed E-state index contributed by atoms with van der Waals surface area (Å²) in [6.07, 6.45) is 1.02. The number of halogens is 2. The zero-order valence-corrected chi connectivity index (χ0v) is 9.96. The molecule has 1 aliphatic heterocycles. The second kappa shape index (κ2) is 4.33. The highest BCUT2D eigenvalue weighted by molar-refractivity contribution is 9.10. The third kappa shape index (κ3) is 2.00. The van der Waals surface area contributed by atoms with Gasteiger partial charge >= 0.3 is 0 Å². The Bertz CT molecular complexity index is 461. The molecule has 2 rings (SSSR count). The second-order valence-corrected chi connectivity index (χ2v) is 4.49. The van der Waals surface area contributed by atoms with E-state index in [1.807, 2.05) is 0 Å². The monoisotopic (exact) mass is 285 g/mol. The molecule has 0 N–H and O–H groups in total. The van der Waals surface area contributed by atoms with E-state index < -0.39 is 11.7 Å². The summed E-state index contributed by atoms with van der Waals surface area (Å²) in [4.78, 5) is 24.3. The number of rotatable bonds is 1. The van der Waals surface area contributed by atoms with Crippen molar-refractivity contribution in [3.8, 4) is 0 Å². The van der Waals surface area contributed by atoms with Gasteiger partial charge in [-0.25, -0.2) is 4.39 Å². The van der Waals surface area contributed by atoms with Crippen molar-refractivity contribution in [1.82, 2.24) is 4.90 Å². The number of carbonyl (C=O) groups is 2. The lowest BCUT2D eigenvalue weighted by Gasteiger charge is -2.13. The van der Waals surface area contributed by atoms with Gasteiger partial charge in [-0.2, -0.15) is 0 Å². The van der Waals surface area contributed by atoms with Gasteiger partial charge < -0.3 is 0 Å². The van der Waals surface area contributed by atoms with E-state index in [2.05, 4.69) is 15.9 Å². The van der Waals surface area contributed by atoms with Crippen LogP contribution in [0.3, 0.4) is 0 Å². The molecule has 1 aromatic carbocycles. The molecule has 0 saturated carbocycles. The molecule has 0 atom stereocenters. The average molecular weight is 286 g/mol. The molecule has 84 valence electrons. The normalized spacial score (nSPS) is 15.6. The van der Waals surface area contributed by atoms with Gasteiger partial charge in [-0.1, -0.05) is 15.9 Å². The number of imide groups is 1. The molecule has 5 heteroatoms. The van der Waals surface area contributed by atoms with E-state index in [0.29, 0.717) is 23.9 Å². The Kier molecular flexibility index (Phi) is 3.05. The largest absolute Gasteiger partial charge is 0.278 e. The van der Waals surface area contributed by atoms with Gasteiger partial charge in [0.1, 0.15) is 5.82 Å². The molecule has 0 radical (unpaired) electrons. The minimum atomic E-state index is -0.604.